The molecule has 0 spiro atoms. The minimum atomic E-state index is 0.877. The van der Waals surface area contributed by atoms with E-state index in [1.54, 1.807) is 0 Å². The van der Waals surface area contributed by atoms with Crippen molar-refractivity contribution in [3.8, 4) is 44.5 Å². The van der Waals surface area contributed by atoms with E-state index in [1.165, 1.54) is 55.3 Å². The highest BCUT2D eigenvalue weighted by molar-refractivity contribution is 6.15. The van der Waals surface area contributed by atoms with Crippen LogP contribution in [0.25, 0.3) is 77.1 Å². The van der Waals surface area contributed by atoms with E-state index in [4.69, 9.17) is 9.97 Å². The van der Waals surface area contributed by atoms with Crippen molar-refractivity contribution >= 4 is 32.6 Å². The summed E-state index contributed by atoms with van der Waals surface area (Å²) in [6.07, 6.45) is 0.877. The zero-order valence-corrected chi connectivity index (χ0v) is 22.0. The van der Waals surface area contributed by atoms with Crippen molar-refractivity contribution < 1.29 is 0 Å². The van der Waals surface area contributed by atoms with Gasteiger partial charge < -0.3 is 0 Å². The third-order valence-electron chi connectivity index (χ3n) is 8.20. The second-order valence-electron chi connectivity index (χ2n) is 10.6. The van der Waals surface area contributed by atoms with Crippen molar-refractivity contribution in [3.63, 3.8) is 0 Å². The Balaban J connectivity index is 1.30. The molecule has 1 aliphatic carbocycles. The van der Waals surface area contributed by atoms with Gasteiger partial charge in [0.25, 0.3) is 0 Å². The van der Waals surface area contributed by atoms with E-state index >= 15 is 0 Å². The molecule has 0 aliphatic heterocycles. The number of benzene rings is 5. The van der Waals surface area contributed by atoms with E-state index in [9.17, 15) is 0 Å². The van der Waals surface area contributed by atoms with Crippen molar-refractivity contribution in [2.45, 2.75) is 20.3 Å². The number of fused-ring (bicyclic) bond motifs is 6. The Kier molecular flexibility index (Phi) is 4.75. The number of hydrogen-bond donors (Lipinski definition) is 0. The average Bonchev–Trinajstić information content (AvgIpc) is 3.31. The highest BCUT2D eigenvalue weighted by atomic mass is 14.8. The van der Waals surface area contributed by atoms with Gasteiger partial charge in [0, 0.05) is 22.2 Å². The maximum atomic E-state index is 5.04. The lowest BCUT2D eigenvalue weighted by atomic mass is 9.93. The van der Waals surface area contributed by atoms with Gasteiger partial charge in [0.05, 0.1) is 11.0 Å². The van der Waals surface area contributed by atoms with Gasteiger partial charge in [-0.25, -0.2) is 0 Å². The number of hydrogen-bond acceptors (Lipinski definition) is 2. The zero-order valence-electron chi connectivity index (χ0n) is 22.0. The number of pyridine rings is 2. The Bertz CT molecular complexity index is 2110. The van der Waals surface area contributed by atoms with Gasteiger partial charge in [-0.05, 0) is 92.9 Å². The number of aryl methyl sites for hydroxylation is 2. The van der Waals surface area contributed by atoms with E-state index in [-0.39, 0.29) is 0 Å². The van der Waals surface area contributed by atoms with Crippen LogP contribution in [-0.2, 0) is 6.42 Å². The van der Waals surface area contributed by atoms with Gasteiger partial charge in [-0.1, -0.05) is 91.9 Å². The SMILES string of the molecule is CCc1cc(-c2cccc(-c3ccc4c(c3)-c3cccc5cccc-4c35)c2)c2ccc3ccc(C)nc3c2n1. The summed E-state index contributed by atoms with van der Waals surface area (Å²) in [6, 6.07) is 40.0. The molecule has 7 aromatic rings. The van der Waals surface area contributed by atoms with Crippen LogP contribution in [-0.4, -0.2) is 9.97 Å². The maximum absolute atomic E-state index is 5.04. The summed E-state index contributed by atoms with van der Waals surface area (Å²) in [4.78, 5) is 9.93. The predicted octanol–water partition coefficient (Wildman–Crippen LogP) is 9.79. The predicted molar refractivity (Wildman–Crippen MR) is 164 cm³/mol. The normalized spacial score (nSPS) is 11.9. The van der Waals surface area contributed by atoms with E-state index in [2.05, 4.69) is 116 Å². The smallest absolute Gasteiger partial charge is 0.0974 e. The van der Waals surface area contributed by atoms with Crippen LogP contribution in [0.4, 0.5) is 0 Å². The van der Waals surface area contributed by atoms with Crippen LogP contribution < -0.4 is 0 Å². The van der Waals surface area contributed by atoms with Gasteiger partial charge in [0.1, 0.15) is 0 Å². The Morgan fingerprint density at radius 1 is 0.513 bits per heavy atom. The molecule has 2 heteroatoms. The molecule has 2 heterocycles. The number of rotatable bonds is 3. The quantitative estimate of drug-likeness (QED) is 0.227. The van der Waals surface area contributed by atoms with Crippen LogP contribution in [0, 0.1) is 6.92 Å². The lowest BCUT2D eigenvalue weighted by molar-refractivity contribution is 1.06. The molecule has 0 amide bonds. The molecule has 1 aliphatic rings. The van der Waals surface area contributed by atoms with Crippen molar-refractivity contribution in [2.75, 3.05) is 0 Å². The minimum absolute atomic E-state index is 0.877. The summed E-state index contributed by atoms with van der Waals surface area (Å²) in [5.41, 5.74) is 14.2. The fourth-order valence-corrected chi connectivity index (χ4v) is 6.28. The molecule has 184 valence electrons. The van der Waals surface area contributed by atoms with Crippen LogP contribution >= 0.6 is 0 Å². The van der Waals surface area contributed by atoms with Gasteiger partial charge >= 0.3 is 0 Å². The number of aromatic nitrogens is 2. The van der Waals surface area contributed by atoms with Gasteiger partial charge in [-0.2, -0.15) is 0 Å². The topological polar surface area (TPSA) is 25.8 Å². The number of nitrogens with zero attached hydrogens (tertiary/aromatic N) is 2. The Morgan fingerprint density at radius 2 is 1.26 bits per heavy atom. The monoisotopic (exact) mass is 498 g/mol. The van der Waals surface area contributed by atoms with E-state index in [1.807, 2.05) is 6.92 Å². The highest BCUT2D eigenvalue weighted by Crippen LogP contribution is 2.48. The van der Waals surface area contributed by atoms with Gasteiger partial charge in [0.15, 0.2) is 0 Å². The molecule has 0 saturated heterocycles. The first kappa shape index (κ1) is 22.2. The van der Waals surface area contributed by atoms with Crippen molar-refractivity contribution in [2.24, 2.45) is 0 Å². The van der Waals surface area contributed by atoms with E-state index in [0.717, 1.165) is 39.6 Å². The average molecular weight is 499 g/mol. The molecule has 0 N–H and O–H groups in total. The summed E-state index contributed by atoms with van der Waals surface area (Å²) >= 11 is 0. The van der Waals surface area contributed by atoms with E-state index < -0.39 is 0 Å². The fourth-order valence-electron chi connectivity index (χ4n) is 6.28. The molecule has 2 nitrogen and oxygen atoms in total. The Morgan fingerprint density at radius 3 is 2.10 bits per heavy atom. The molecule has 0 saturated carbocycles. The van der Waals surface area contributed by atoms with Gasteiger partial charge in [-0.3, -0.25) is 9.97 Å². The standard InChI is InChI=1S/C37H26N2/c1-3-28-21-33(32-18-15-24-14-13-22(2)38-36(24)37(32)39-28)27-10-4-9-25(19-27)26-16-17-29-30-11-5-7-23-8-6-12-31(35(23)30)34(29)20-26/h4-21H,3H2,1-2H3. The van der Waals surface area contributed by atoms with Gasteiger partial charge in [-0.15, -0.1) is 0 Å². The molecular weight excluding hydrogens is 472 g/mol. The lowest BCUT2D eigenvalue weighted by Crippen LogP contribution is -1.95. The Labute approximate surface area is 227 Å². The maximum Gasteiger partial charge on any atom is 0.0974 e. The Hall–Kier alpha value is -4.82. The molecule has 0 atom stereocenters. The first-order valence-electron chi connectivity index (χ1n) is 13.7. The summed E-state index contributed by atoms with van der Waals surface area (Å²) in [5.74, 6) is 0. The lowest BCUT2D eigenvalue weighted by Gasteiger charge is -2.13. The molecule has 0 unspecified atom stereocenters. The first-order chi connectivity index (χ1) is 19.2. The second-order valence-corrected chi connectivity index (χ2v) is 10.6. The largest absolute Gasteiger partial charge is 0.251 e. The minimum Gasteiger partial charge on any atom is -0.251 e. The van der Waals surface area contributed by atoms with Crippen LogP contribution in [0.5, 0.6) is 0 Å². The summed E-state index contributed by atoms with van der Waals surface area (Å²) in [7, 11) is 0. The molecule has 0 bridgehead atoms. The second kappa shape index (κ2) is 8.34. The van der Waals surface area contributed by atoms with Gasteiger partial charge in [0.2, 0.25) is 0 Å². The van der Waals surface area contributed by atoms with Crippen LogP contribution in [0.2, 0.25) is 0 Å². The third-order valence-corrected chi connectivity index (χ3v) is 8.20. The van der Waals surface area contributed by atoms with Crippen molar-refractivity contribution in [3.05, 3.63) is 121 Å². The molecule has 8 rings (SSSR count). The molecule has 39 heavy (non-hydrogen) atoms. The summed E-state index contributed by atoms with van der Waals surface area (Å²) in [5, 5.41) is 4.94. The molecule has 0 radical (unpaired) electrons. The summed E-state index contributed by atoms with van der Waals surface area (Å²) in [6.45, 7) is 4.21. The molecule has 5 aromatic carbocycles. The summed E-state index contributed by atoms with van der Waals surface area (Å²) < 4.78 is 0. The first-order valence-corrected chi connectivity index (χ1v) is 13.7. The molecular formula is C37H26N2. The van der Waals surface area contributed by atoms with E-state index in [0.29, 0.717) is 0 Å². The molecule has 2 aromatic heterocycles. The van der Waals surface area contributed by atoms with Crippen LogP contribution in [0.3, 0.4) is 0 Å². The highest BCUT2D eigenvalue weighted by Gasteiger charge is 2.21. The zero-order chi connectivity index (χ0) is 26.1. The van der Waals surface area contributed by atoms with Crippen molar-refractivity contribution in [1.82, 2.24) is 9.97 Å². The van der Waals surface area contributed by atoms with Crippen molar-refractivity contribution in [1.29, 1.82) is 0 Å². The third kappa shape index (κ3) is 3.35. The van der Waals surface area contributed by atoms with Crippen LogP contribution in [0.15, 0.2) is 109 Å². The van der Waals surface area contributed by atoms with Crippen LogP contribution in [0.1, 0.15) is 18.3 Å². The molecule has 0 fully saturated rings. The fraction of sp³-hybridized carbons (Fsp3) is 0.0811.